The Morgan fingerprint density at radius 2 is 1.93 bits per heavy atom. The first kappa shape index (κ1) is 19.5. The van der Waals surface area contributed by atoms with Gasteiger partial charge in [0.25, 0.3) is 11.8 Å². The first-order chi connectivity index (χ1) is 13.1. The van der Waals surface area contributed by atoms with Gasteiger partial charge in [0.1, 0.15) is 0 Å². The highest BCUT2D eigenvalue weighted by atomic mass is 32.1. The van der Waals surface area contributed by atoms with Crippen molar-refractivity contribution in [1.29, 1.82) is 0 Å². The molecule has 0 bridgehead atoms. The number of nitrogens with one attached hydrogen (secondary N) is 1. The second kappa shape index (κ2) is 9.12. The van der Waals surface area contributed by atoms with Gasteiger partial charge in [0.05, 0.1) is 0 Å². The number of rotatable bonds is 7. The molecule has 1 saturated heterocycles. The van der Waals surface area contributed by atoms with Crippen LogP contribution in [0.15, 0.2) is 47.8 Å². The molecule has 1 aromatic carbocycles. The van der Waals surface area contributed by atoms with Crippen LogP contribution in [0.1, 0.15) is 22.8 Å². The Balaban J connectivity index is 1.48. The first-order valence-corrected chi connectivity index (χ1v) is 9.94. The Morgan fingerprint density at radius 3 is 2.63 bits per heavy atom. The average Bonchev–Trinajstić information content (AvgIpc) is 3.39. The van der Waals surface area contributed by atoms with Gasteiger partial charge in [-0.2, -0.15) is 0 Å². The molecule has 1 aliphatic heterocycles. The van der Waals surface area contributed by atoms with E-state index in [4.69, 9.17) is 0 Å². The number of likely N-dealkylation sites (tertiary alicyclic amines) is 1. The number of aliphatic hydroxyl groups excluding tert-OH is 2. The van der Waals surface area contributed by atoms with Crippen LogP contribution < -0.4 is 5.32 Å². The minimum Gasteiger partial charge on any atom is -0.380 e. The molecule has 1 unspecified atom stereocenters. The van der Waals surface area contributed by atoms with E-state index in [9.17, 15) is 19.8 Å². The van der Waals surface area contributed by atoms with Crippen LogP contribution >= 0.6 is 11.3 Å². The van der Waals surface area contributed by atoms with E-state index in [0.29, 0.717) is 26.1 Å². The summed E-state index contributed by atoms with van der Waals surface area (Å²) in [7, 11) is 0. The van der Waals surface area contributed by atoms with Gasteiger partial charge in [-0.25, -0.2) is 0 Å². The van der Waals surface area contributed by atoms with Gasteiger partial charge >= 0.3 is 0 Å². The zero-order valence-corrected chi connectivity index (χ0v) is 15.8. The Labute approximate surface area is 162 Å². The van der Waals surface area contributed by atoms with E-state index in [1.54, 1.807) is 11.3 Å². The van der Waals surface area contributed by atoms with E-state index in [1.165, 1.54) is 4.90 Å². The summed E-state index contributed by atoms with van der Waals surface area (Å²) in [6.07, 6.45) is -2.07. The molecule has 27 heavy (non-hydrogen) atoms. The van der Waals surface area contributed by atoms with Gasteiger partial charge in [-0.05, 0) is 29.9 Å². The first-order valence-electron chi connectivity index (χ1n) is 9.06. The Kier molecular flexibility index (Phi) is 6.60. The molecule has 144 valence electrons. The van der Waals surface area contributed by atoms with Crippen LogP contribution in [-0.2, 0) is 16.0 Å². The topological polar surface area (TPSA) is 89.9 Å². The van der Waals surface area contributed by atoms with Crippen molar-refractivity contribution in [3.05, 3.63) is 58.3 Å². The zero-order valence-electron chi connectivity index (χ0n) is 15.0. The van der Waals surface area contributed by atoms with Crippen LogP contribution in [-0.4, -0.2) is 58.8 Å². The quantitative estimate of drug-likeness (QED) is 0.664. The van der Waals surface area contributed by atoms with E-state index in [2.05, 4.69) is 5.32 Å². The fraction of sp³-hybridized carbons (Fsp3) is 0.400. The molecule has 1 aromatic heterocycles. The lowest BCUT2D eigenvalue weighted by molar-refractivity contribution is -0.152. The Morgan fingerprint density at radius 1 is 1.15 bits per heavy atom. The molecule has 1 aliphatic rings. The smallest absolute Gasteiger partial charge is 0.254 e. The molecule has 2 heterocycles. The molecule has 0 saturated carbocycles. The van der Waals surface area contributed by atoms with Crippen molar-refractivity contribution in [2.75, 3.05) is 19.6 Å². The average molecular weight is 388 g/mol. The summed E-state index contributed by atoms with van der Waals surface area (Å²) in [4.78, 5) is 27.1. The molecule has 6 nitrogen and oxygen atoms in total. The standard InChI is InChI=1S/C20H24N2O4S/c23-17(19(25)21-10-8-16-7-4-12-27-16)18(24)20(26)22-11-9-15(13-22)14-5-2-1-3-6-14/h1-7,12,15,17-18,23-24H,8-11,13H2,(H,21,25)/t15?,17-,18-/m1/s1. The molecule has 2 aromatic rings. The SMILES string of the molecule is O=C(NCCc1cccs1)[C@H](O)[C@@H](O)C(=O)N1CCC(c2ccccc2)C1. The summed E-state index contributed by atoms with van der Waals surface area (Å²) >= 11 is 1.59. The monoisotopic (exact) mass is 388 g/mol. The summed E-state index contributed by atoms with van der Waals surface area (Å²) in [5.41, 5.74) is 1.15. The van der Waals surface area contributed by atoms with Gasteiger partial charge in [0.2, 0.25) is 0 Å². The Hall–Kier alpha value is -2.22. The van der Waals surface area contributed by atoms with E-state index in [1.807, 2.05) is 47.8 Å². The van der Waals surface area contributed by atoms with Gasteiger partial charge in [-0.15, -0.1) is 11.3 Å². The van der Waals surface area contributed by atoms with Crippen LogP contribution in [0.4, 0.5) is 0 Å². The van der Waals surface area contributed by atoms with E-state index >= 15 is 0 Å². The molecule has 1 fully saturated rings. The number of amides is 2. The summed E-state index contributed by atoms with van der Waals surface area (Å²) in [6.45, 7) is 1.33. The fourth-order valence-electron chi connectivity index (χ4n) is 3.29. The van der Waals surface area contributed by atoms with Crippen molar-refractivity contribution in [3.8, 4) is 0 Å². The second-order valence-electron chi connectivity index (χ2n) is 6.69. The number of carbonyl (C=O) groups excluding carboxylic acids is 2. The number of hydrogen-bond donors (Lipinski definition) is 3. The minimum atomic E-state index is -1.77. The number of nitrogens with zero attached hydrogens (tertiary/aromatic N) is 1. The number of benzene rings is 1. The predicted octanol–water partition coefficient (Wildman–Crippen LogP) is 1.14. The molecule has 3 atom stereocenters. The van der Waals surface area contributed by atoms with Gasteiger partial charge < -0.3 is 20.4 Å². The highest BCUT2D eigenvalue weighted by molar-refractivity contribution is 7.09. The summed E-state index contributed by atoms with van der Waals surface area (Å²) in [6, 6.07) is 13.8. The number of hydrogen-bond acceptors (Lipinski definition) is 5. The van der Waals surface area contributed by atoms with Crippen LogP contribution in [0, 0.1) is 0 Å². The lowest BCUT2D eigenvalue weighted by Crippen LogP contribution is -2.50. The maximum atomic E-state index is 12.5. The van der Waals surface area contributed by atoms with Crippen molar-refractivity contribution in [2.45, 2.75) is 31.0 Å². The lowest BCUT2D eigenvalue weighted by atomic mass is 9.99. The van der Waals surface area contributed by atoms with Crippen LogP contribution in [0.25, 0.3) is 0 Å². The van der Waals surface area contributed by atoms with E-state index < -0.39 is 24.0 Å². The summed E-state index contributed by atoms with van der Waals surface area (Å²) in [5.74, 6) is -1.13. The van der Waals surface area contributed by atoms with Crippen molar-refractivity contribution in [1.82, 2.24) is 10.2 Å². The molecule has 0 aliphatic carbocycles. The molecule has 7 heteroatoms. The molecule has 3 N–H and O–H groups in total. The van der Waals surface area contributed by atoms with Crippen molar-refractivity contribution < 1.29 is 19.8 Å². The van der Waals surface area contributed by atoms with Gasteiger partial charge in [0.15, 0.2) is 12.2 Å². The van der Waals surface area contributed by atoms with Crippen molar-refractivity contribution in [3.63, 3.8) is 0 Å². The lowest BCUT2D eigenvalue weighted by Gasteiger charge is -2.23. The molecular weight excluding hydrogens is 364 g/mol. The maximum Gasteiger partial charge on any atom is 0.254 e. The fourth-order valence-corrected chi connectivity index (χ4v) is 4.00. The third kappa shape index (κ3) is 4.94. The maximum absolute atomic E-state index is 12.5. The highest BCUT2D eigenvalue weighted by Crippen LogP contribution is 2.27. The van der Waals surface area contributed by atoms with E-state index in [-0.39, 0.29) is 5.92 Å². The third-order valence-electron chi connectivity index (χ3n) is 4.84. The molecule has 2 amide bonds. The number of thiophene rings is 1. The van der Waals surface area contributed by atoms with Crippen LogP contribution in [0.5, 0.6) is 0 Å². The summed E-state index contributed by atoms with van der Waals surface area (Å²) in [5, 5.41) is 24.7. The van der Waals surface area contributed by atoms with Crippen LogP contribution in [0.2, 0.25) is 0 Å². The second-order valence-corrected chi connectivity index (χ2v) is 7.72. The van der Waals surface area contributed by atoms with Crippen molar-refractivity contribution >= 4 is 23.2 Å². The summed E-state index contributed by atoms with van der Waals surface area (Å²) < 4.78 is 0. The highest BCUT2D eigenvalue weighted by Gasteiger charge is 2.36. The predicted molar refractivity (Wildman–Crippen MR) is 103 cm³/mol. The zero-order chi connectivity index (χ0) is 19.2. The largest absolute Gasteiger partial charge is 0.380 e. The number of carbonyl (C=O) groups is 2. The molecule has 3 rings (SSSR count). The number of aliphatic hydroxyl groups is 2. The van der Waals surface area contributed by atoms with Crippen molar-refractivity contribution in [2.24, 2.45) is 0 Å². The molecule has 0 spiro atoms. The van der Waals surface area contributed by atoms with Gasteiger partial charge in [-0.3, -0.25) is 9.59 Å². The van der Waals surface area contributed by atoms with Gasteiger partial charge in [-0.1, -0.05) is 36.4 Å². The third-order valence-corrected chi connectivity index (χ3v) is 5.78. The molecule has 0 radical (unpaired) electrons. The van der Waals surface area contributed by atoms with Gasteiger partial charge in [0, 0.05) is 30.4 Å². The molecular formula is C20H24N2O4S. The van der Waals surface area contributed by atoms with E-state index in [0.717, 1.165) is 16.9 Å². The Bertz CT molecular complexity index is 751. The van der Waals surface area contributed by atoms with Crippen LogP contribution in [0.3, 0.4) is 0 Å². The normalized spacial score (nSPS) is 18.9. The minimum absolute atomic E-state index is 0.208.